The van der Waals surface area contributed by atoms with Crippen LogP contribution in [-0.4, -0.2) is 52.6 Å². The van der Waals surface area contributed by atoms with Gasteiger partial charge in [-0.05, 0) is 68.9 Å². The molecule has 2 aromatic heterocycles. The van der Waals surface area contributed by atoms with E-state index in [4.69, 9.17) is 0 Å². The van der Waals surface area contributed by atoms with Gasteiger partial charge in [0.15, 0.2) is 0 Å². The summed E-state index contributed by atoms with van der Waals surface area (Å²) >= 11 is 0. The molecule has 3 amide bonds. The van der Waals surface area contributed by atoms with Gasteiger partial charge in [-0.3, -0.25) is 15.0 Å². The molecule has 2 aromatic rings. The Bertz CT molecular complexity index is 838. The van der Waals surface area contributed by atoms with Gasteiger partial charge in [-0.25, -0.2) is 9.31 Å². The number of nitrogens with one attached hydrogen (secondary N) is 1. The molecule has 2 aliphatic heterocycles. The Kier molecular flexibility index (Phi) is 5.11. The molecule has 2 aliphatic rings. The van der Waals surface area contributed by atoms with E-state index in [1.807, 2.05) is 6.20 Å². The molecule has 0 aromatic carbocycles. The van der Waals surface area contributed by atoms with Gasteiger partial charge in [-0.1, -0.05) is 6.92 Å². The van der Waals surface area contributed by atoms with E-state index in [0.717, 1.165) is 17.6 Å². The van der Waals surface area contributed by atoms with Gasteiger partial charge in [0.05, 0.1) is 17.4 Å². The lowest BCUT2D eigenvalue weighted by Crippen LogP contribution is -2.49. The Morgan fingerprint density at radius 2 is 2.04 bits per heavy atom. The van der Waals surface area contributed by atoms with Crippen molar-refractivity contribution in [2.75, 3.05) is 31.1 Å². The number of hydrogen-bond acceptors (Lipinski definition) is 4. The van der Waals surface area contributed by atoms with Crippen molar-refractivity contribution in [3.05, 3.63) is 30.1 Å². The molecule has 0 spiro atoms. The third-order valence-corrected chi connectivity index (χ3v) is 5.68. The van der Waals surface area contributed by atoms with Crippen molar-refractivity contribution in [3.8, 4) is 0 Å². The van der Waals surface area contributed by atoms with Gasteiger partial charge in [0, 0.05) is 19.2 Å². The summed E-state index contributed by atoms with van der Waals surface area (Å²) < 4.78 is 1.80. The minimum absolute atomic E-state index is 0.220. The van der Waals surface area contributed by atoms with Crippen molar-refractivity contribution >= 4 is 23.1 Å². The first kappa shape index (κ1) is 18.0. The maximum atomic E-state index is 12.2. The van der Waals surface area contributed by atoms with Crippen LogP contribution in [0.3, 0.4) is 0 Å². The maximum Gasteiger partial charge on any atom is 0.328 e. The van der Waals surface area contributed by atoms with Crippen LogP contribution in [-0.2, 0) is 11.2 Å². The molecule has 0 bridgehead atoms. The third kappa shape index (κ3) is 3.83. The van der Waals surface area contributed by atoms with Gasteiger partial charge in [0.25, 0.3) is 0 Å². The van der Waals surface area contributed by atoms with E-state index in [2.05, 4.69) is 34.4 Å². The van der Waals surface area contributed by atoms with Crippen LogP contribution >= 0.6 is 0 Å². The Balaban J connectivity index is 1.49. The van der Waals surface area contributed by atoms with E-state index in [1.54, 1.807) is 15.6 Å². The zero-order valence-electron chi connectivity index (χ0n) is 15.9. The molecule has 2 saturated heterocycles. The highest BCUT2D eigenvalue weighted by molar-refractivity contribution is 6.07. The summed E-state index contributed by atoms with van der Waals surface area (Å²) in [5.74, 6) is 0.491. The van der Waals surface area contributed by atoms with Crippen LogP contribution in [0.25, 0.3) is 5.52 Å². The second-order valence-corrected chi connectivity index (χ2v) is 7.64. The highest BCUT2D eigenvalue weighted by Crippen LogP contribution is 2.27. The molecule has 0 unspecified atom stereocenters. The topological polar surface area (TPSA) is 70.0 Å². The zero-order chi connectivity index (χ0) is 18.8. The molecule has 7 heteroatoms. The van der Waals surface area contributed by atoms with Gasteiger partial charge in [0.2, 0.25) is 5.91 Å². The summed E-state index contributed by atoms with van der Waals surface area (Å²) in [5.41, 5.74) is 2.96. The number of nitrogens with zero attached hydrogens (tertiary/aromatic N) is 4. The van der Waals surface area contributed by atoms with E-state index in [9.17, 15) is 9.59 Å². The van der Waals surface area contributed by atoms with E-state index in [1.165, 1.54) is 44.5 Å². The Morgan fingerprint density at radius 1 is 1.22 bits per heavy atom. The van der Waals surface area contributed by atoms with Gasteiger partial charge < -0.3 is 4.90 Å². The molecule has 0 atom stereocenters. The van der Waals surface area contributed by atoms with Crippen molar-refractivity contribution in [1.29, 1.82) is 0 Å². The molecule has 0 radical (unpaired) electrons. The highest BCUT2D eigenvalue weighted by atomic mass is 16.2. The number of likely N-dealkylation sites (tertiary alicyclic amines) is 1. The zero-order valence-corrected chi connectivity index (χ0v) is 15.9. The van der Waals surface area contributed by atoms with E-state index >= 15 is 0 Å². The molecule has 2 fully saturated rings. The first-order chi connectivity index (χ1) is 13.1. The van der Waals surface area contributed by atoms with Crippen LogP contribution in [0.15, 0.2) is 24.5 Å². The molecule has 4 heterocycles. The van der Waals surface area contributed by atoms with Crippen molar-refractivity contribution < 1.29 is 9.59 Å². The van der Waals surface area contributed by atoms with E-state index in [-0.39, 0.29) is 11.9 Å². The number of imide groups is 1. The van der Waals surface area contributed by atoms with Crippen molar-refractivity contribution in [2.45, 2.75) is 39.0 Å². The molecule has 0 aliphatic carbocycles. The lowest BCUT2D eigenvalue weighted by atomic mass is 9.90. The number of carbonyl (C=O) groups excluding carboxylic acids is 2. The van der Waals surface area contributed by atoms with Gasteiger partial charge >= 0.3 is 6.03 Å². The Morgan fingerprint density at radius 3 is 2.78 bits per heavy atom. The lowest BCUT2D eigenvalue weighted by molar-refractivity contribution is -0.120. The largest absolute Gasteiger partial charge is 0.328 e. The summed E-state index contributed by atoms with van der Waals surface area (Å²) in [6, 6.07) is 3.90. The first-order valence-corrected chi connectivity index (χ1v) is 9.94. The number of anilines is 1. The Labute approximate surface area is 159 Å². The maximum absolute atomic E-state index is 12.2. The second-order valence-electron chi connectivity index (χ2n) is 7.64. The summed E-state index contributed by atoms with van der Waals surface area (Å²) in [5, 5.41) is 6.75. The highest BCUT2D eigenvalue weighted by Gasteiger charge is 2.27. The molecule has 144 valence electrons. The Hall–Kier alpha value is -2.41. The fourth-order valence-electron chi connectivity index (χ4n) is 4.20. The fourth-order valence-corrected chi connectivity index (χ4v) is 4.20. The summed E-state index contributed by atoms with van der Waals surface area (Å²) in [6.45, 7) is 6.23. The van der Waals surface area contributed by atoms with E-state index < -0.39 is 0 Å². The van der Waals surface area contributed by atoms with Crippen molar-refractivity contribution in [3.63, 3.8) is 0 Å². The first-order valence-electron chi connectivity index (χ1n) is 9.94. The molecule has 4 rings (SSSR count). The number of rotatable bonds is 5. The second kappa shape index (κ2) is 7.68. The fraction of sp³-hybridized carbons (Fsp3) is 0.550. The van der Waals surface area contributed by atoms with Gasteiger partial charge in [-0.2, -0.15) is 5.10 Å². The predicted molar refractivity (Wildman–Crippen MR) is 104 cm³/mol. The average Bonchev–Trinajstić information content (AvgIpc) is 3.07. The van der Waals surface area contributed by atoms with Crippen molar-refractivity contribution in [2.24, 2.45) is 5.92 Å². The molecule has 1 N–H and O–H groups in total. The predicted octanol–water partition coefficient (Wildman–Crippen LogP) is 2.45. The molecule has 27 heavy (non-hydrogen) atoms. The minimum atomic E-state index is -0.366. The van der Waals surface area contributed by atoms with Crippen LogP contribution in [0.1, 0.15) is 38.2 Å². The standard InChI is InChI=1S/C20H27N5O2/c1-2-7-23-8-3-15(4-9-23)12-16-5-11-25-17(13-16)18(14-21-25)24-10-6-19(26)22-20(24)27/h5,11,13-15H,2-4,6-10,12H2,1H3,(H,22,26,27). The van der Waals surface area contributed by atoms with E-state index in [0.29, 0.717) is 18.9 Å². The van der Waals surface area contributed by atoms with Crippen LogP contribution in [0.2, 0.25) is 0 Å². The minimum Gasteiger partial charge on any atom is -0.303 e. The number of pyridine rings is 1. The third-order valence-electron chi connectivity index (χ3n) is 5.68. The quantitative estimate of drug-likeness (QED) is 0.879. The normalized spacial score (nSPS) is 19.7. The van der Waals surface area contributed by atoms with Gasteiger partial charge in [0.1, 0.15) is 0 Å². The number of carbonyl (C=O) groups is 2. The lowest BCUT2D eigenvalue weighted by Gasteiger charge is -2.31. The number of piperidine rings is 1. The molecular weight excluding hydrogens is 342 g/mol. The summed E-state index contributed by atoms with van der Waals surface area (Å²) in [4.78, 5) is 27.8. The molecule has 0 saturated carbocycles. The van der Waals surface area contributed by atoms with Gasteiger partial charge in [-0.15, -0.1) is 0 Å². The molecular formula is C20H27N5O2. The number of hydrogen-bond donors (Lipinski definition) is 1. The number of aromatic nitrogens is 2. The number of urea groups is 1. The molecule has 7 nitrogen and oxygen atoms in total. The van der Waals surface area contributed by atoms with Crippen LogP contribution in [0.4, 0.5) is 10.5 Å². The summed E-state index contributed by atoms with van der Waals surface area (Å²) in [7, 11) is 0. The van der Waals surface area contributed by atoms with Crippen LogP contribution in [0.5, 0.6) is 0 Å². The smallest absolute Gasteiger partial charge is 0.303 e. The SMILES string of the molecule is CCCN1CCC(Cc2ccn3ncc(N4CCC(=O)NC4=O)c3c2)CC1. The summed E-state index contributed by atoms with van der Waals surface area (Å²) in [6.07, 6.45) is 8.76. The van der Waals surface area contributed by atoms with Crippen LogP contribution < -0.4 is 10.2 Å². The average molecular weight is 369 g/mol. The van der Waals surface area contributed by atoms with Crippen molar-refractivity contribution in [1.82, 2.24) is 19.8 Å². The monoisotopic (exact) mass is 369 g/mol. The number of amides is 3. The van der Waals surface area contributed by atoms with Crippen LogP contribution in [0, 0.1) is 5.92 Å². The number of fused-ring (bicyclic) bond motifs is 1.